The molecule has 5 aliphatic rings. The second kappa shape index (κ2) is 8.07. The van der Waals surface area contributed by atoms with E-state index in [4.69, 9.17) is 9.16 Å². The molecule has 0 aromatic carbocycles. The highest BCUT2D eigenvalue weighted by Crippen LogP contribution is 2.68. The van der Waals surface area contributed by atoms with Crippen molar-refractivity contribution in [1.82, 2.24) is 0 Å². The van der Waals surface area contributed by atoms with Crippen LogP contribution in [-0.2, 0) is 9.16 Å². The predicted octanol–water partition coefficient (Wildman–Crippen LogP) is 8.60. The molecule has 5 fully saturated rings. The van der Waals surface area contributed by atoms with E-state index in [0.717, 1.165) is 42.1 Å². The fraction of sp³-hybridized carbons (Fsp3) is 1.00. The molecule has 4 aliphatic carbocycles. The number of epoxide rings is 1. The van der Waals surface area contributed by atoms with Crippen molar-refractivity contribution in [3.63, 3.8) is 0 Å². The molecule has 0 bridgehead atoms. The number of hydrogen-bond acceptors (Lipinski definition) is 2. The molecule has 190 valence electrons. The first-order chi connectivity index (χ1) is 15.3. The van der Waals surface area contributed by atoms with Crippen LogP contribution in [0.25, 0.3) is 0 Å². The lowest BCUT2D eigenvalue weighted by Crippen LogP contribution is -2.55. The van der Waals surface area contributed by atoms with Crippen molar-refractivity contribution >= 4 is 8.32 Å². The van der Waals surface area contributed by atoms with Gasteiger partial charge in [-0.15, -0.1) is 0 Å². The van der Waals surface area contributed by atoms with Crippen LogP contribution in [0.3, 0.4) is 0 Å². The number of hydrogen-bond donors (Lipinski definition) is 0. The Balaban J connectivity index is 1.31. The molecule has 0 N–H and O–H groups in total. The molecule has 2 nitrogen and oxygen atoms in total. The van der Waals surface area contributed by atoms with Crippen molar-refractivity contribution in [3.05, 3.63) is 0 Å². The maximum atomic E-state index is 7.33. The van der Waals surface area contributed by atoms with Gasteiger partial charge in [0.15, 0.2) is 8.32 Å². The van der Waals surface area contributed by atoms with Gasteiger partial charge in [0.1, 0.15) is 0 Å². The Bertz CT molecular complexity index is 736. The monoisotopic (exact) mass is 474 g/mol. The van der Waals surface area contributed by atoms with Gasteiger partial charge in [-0.1, -0.05) is 41.0 Å². The van der Waals surface area contributed by atoms with Gasteiger partial charge >= 0.3 is 0 Å². The van der Waals surface area contributed by atoms with E-state index in [1.165, 1.54) is 70.6 Å². The van der Waals surface area contributed by atoms with Crippen LogP contribution in [0, 0.1) is 40.9 Å². The molecule has 0 amide bonds. The third-order valence-corrected chi connectivity index (χ3v) is 17.0. The molecule has 4 saturated carbocycles. The Morgan fingerprint density at radius 1 is 0.909 bits per heavy atom. The summed E-state index contributed by atoms with van der Waals surface area (Å²) in [5.41, 5.74) is 0.940. The van der Waals surface area contributed by atoms with Crippen LogP contribution in [0.4, 0.5) is 0 Å². The molecule has 1 heterocycles. The Morgan fingerprint density at radius 2 is 1.61 bits per heavy atom. The molecular formula is C30H54O2Si. The smallest absolute Gasteiger partial charge is 0.192 e. The first-order valence-electron chi connectivity index (χ1n) is 14.7. The van der Waals surface area contributed by atoms with Crippen molar-refractivity contribution < 1.29 is 9.16 Å². The normalized spacial score (nSPS) is 49.8. The molecule has 33 heavy (non-hydrogen) atoms. The minimum absolute atomic E-state index is 0.172. The fourth-order valence-corrected chi connectivity index (χ4v) is 11.5. The Labute approximate surface area is 206 Å². The lowest BCUT2D eigenvalue weighted by molar-refractivity contribution is -0.106. The molecule has 2 unspecified atom stereocenters. The minimum atomic E-state index is -1.75. The van der Waals surface area contributed by atoms with Gasteiger partial charge in [-0.05, 0) is 130 Å². The van der Waals surface area contributed by atoms with Crippen molar-refractivity contribution in [1.29, 1.82) is 0 Å². The van der Waals surface area contributed by atoms with Crippen LogP contribution in [-0.4, -0.2) is 26.1 Å². The quantitative estimate of drug-likeness (QED) is 0.294. The third kappa shape index (κ3) is 4.03. The second-order valence-electron chi connectivity index (χ2n) is 15.2. The van der Waals surface area contributed by atoms with Gasteiger partial charge in [0.05, 0.1) is 17.8 Å². The topological polar surface area (TPSA) is 21.8 Å². The fourth-order valence-electron chi connectivity index (χ4n) is 9.79. The molecular weight excluding hydrogens is 420 g/mol. The first kappa shape index (κ1) is 24.8. The second-order valence-corrected chi connectivity index (χ2v) is 20.0. The highest BCUT2D eigenvalue weighted by Gasteiger charge is 2.64. The highest BCUT2D eigenvalue weighted by atomic mass is 28.4. The van der Waals surface area contributed by atoms with E-state index >= 15 is 0 Å². The zero-order valence-electron chi connectivity index (χ0n) is 23.3. The van der Waals surface area contributed by atoms with Crippen LogP contribution >= 0.6 is 0 Å². The summed E-state index contributed by atoms with van der Waals surface area (Å²) in [6.45, 7) is 20.7. The molecule has 0 radical (unpaired) electrons. The van der Waals surface area contributed by atoms with Crippen molar-refractivity contribution in [2.75, 3.05) is 6.61 Å². The summed E-state index contributed by atoms with van der Waals surface area (Å²) < 4.78 is 13.3. The summed E-state index contributed by atoms with van der Waals surface area (Å²) in [6, 6.07) is 0. The van der Waals surface area contributed by atoms with Gasteiger partial charge in [0, 0.05) is 0 Å². The van der Waals surface area contributed by atoms with Crippen molar-refractivity contribution in [2.24, 2.45) is 40.9 Å². The van der Waals surface area contributed by atoms with Gasteiger partial charge in [-0.2, -0.15) is 0 Å². The molecule has 5 rings (SSSR count). The summed E-state index contributed by atoms with van der Waals surface area (Å²) in [4.78, 5) is 0. The van der Waals surface area contributed by atoms with E-state index in [1.807, 2.05) is 0 Å². The number of ether oxygens (including phenoxy) is 1. The van der Waals surface area contributed by atoms with Gasteiger partial charge in [-0.25, -0.2) is 0 Å². The van der Waals surface area contributed by atoms with Crippen LogP contribution in [0.15, 0.2) is 0 Å². The molecule has 9 atom stereocenters. The first-order valence-corrected chi connectivity index (χ1v) is 17.6. The van der Waals surface area contributed by atoms with Gasteiger partial charge in [-0.3, -0.25) is 0 Å². The van der Waals surface area contributed by atoms with Crippen LogP contribution in [0.5, 0.6) is 0 Å². The molecule has 1 aliphatic heterocycles. The van der Waals surface area contributed by atoms with Crippen molar-refractivity contribution in [3.8, 4) is 0 Å². The van der Waals surface area contributed by atoms with E-state index in [2.05, 4.69) is 54.6 Å². The Kier molecular flexibility index (Phi) is 6.07. The number of rotatable bonds is 5. The third-order valence-electron chi connectivity index (χ3n) is 12.4. The lowest BCUT2D eigenvalue weighted by Gasteiger charge is -2.59. The maximum absolute atomic E-state index is 7.33. The Morgan fingerprint density at radius 3 is 2.24 bits per heavy atom. The average molecular weight is 475 g/mol. The van der Waals surface area contributed by atoms with Crippen LogP contribution in [0.2, 0.25) is 18.1 Å². The SMILES string of the molecule is CCCC1(O[Si](C)(C)C(C)(C)C)CC[C@H]2[C@H](CC[C@@H]3[C@@H]2CC[C@]2(C)[C@@H](C4(C)CO4)CC[C@@H]32)C1. The molecule has 0 aromatic rings. The lowest BCUT2D eigenvalue weighted by atomic mass is 9.48. The van der Waals surface area contributed by atoms with E-state index in [0.29, 0.717) is 10.5 Å². The average Bonchev–Trinajstić information content (AvgIpc) is 3.34. The van der Waals surface area contributed by atoms with Crippen LogP contribution < -0.4 is 0 Å². The van der Waals surface area contributed by atoms with E-state index in [1.54, 1.807) is 0 Å². The van der Waals surface area contributed by atoms with Gasteiger partial charge in [0.2, 0.25) is 0 Å². The maximum Gasteiger partial charge on any atom is 0.192 e. The molecule has 1 saturated heterocycles. The zero-order chi connectivity index (χ0) is 23.9. The molecule has 3 heteroatoms. The van der Waals surface area contributed by atoms with E-state index in [-0.39, 0.29) is 11.2 Å². The highest BCUT2D eigenvalue weighted by molar-refractivity contribution is 6.74. The standard InChI is InChI=1S/C30H54O2Si/c1-9-16-30(32-33(7,8)27(2,3)4)18-15-22-21(19-30)10-11-24-23(22)14-17-28(5)25(24)12-13-26(28)29(6)20-31-29/h21-26H,9-20H2,1-8H3/t21-,22+,23-,24-,25+,26+,28+,29?,30?/m1/s1. The predicted molar refractivity (Wildman–Crippen MR) is 141 cm³/mol. The van der Waals surface area contributed by atoms with Crippen LogP contribution in [0.1, 0.15) is 112 Å². The summed E-state index contributed by atoms with van der Waals surface area (Å²) in [5, 5.41) is 0.303. The van der Waals surface area contributed by atoms with E-state index in [9.17, 15) is 0 Å². The molecule has 0 spiro atoms. The number of fused-ring (bicyclic) bond motifs is 5. The summed E-state index contributed by atoms with van der Waals surface area (Å²) in [5.74, 6) is 5.68. The largest absolute Gasteiger partial charge is 0.411 e. The summed E-state index contributed by atoms with van der Waals surface area (Å²) in [7, 11) is -1.75. The summed E-state index contributed by atoms with van der Waals surface area (Å²) in [6.07, 6.45) is 15.5. The zero-order valence-corrected chi connectivity index (χ0v) is 24.3. The van der Waals surface area contributed by atoms with E-state index < -0.39 is 8.32 Å². The van der Waals surface area contributed by atoms with Gasteiger partial charge < -0.3 is 9.16 Å². The van der Waals surface area contributed by atoms with Gasteiger partial charge in [0.25, 0.3) is 0 Å². The molecule has 0 aromatic heterocycles. The Hall–Kier alpha value is 0.137. The summed E-state index contributed by atoms with van der Waals surface area (Å²) >= 11 is 0. The minimum Gasteiger partial charge on any atom is -0.411 e. The van der Waals surface area contributed by atoms with Crippen molar-refractivity contribution in [2.45, 2.75) is 142 Å².